The van der Waals surface area contributed by atoms with Gasteiger partial charge in [-0.3, -0.25) is 10.2 Å². The topological polar surface area (TPSA) is 64.2 Å². The smallest absolute Gasteiger partial charge is 0.234 e. The van der Waals surface area contributed by atoms with Crippen molar-refractivity contribution in [2.75, 3.05) is 5.75 Å². The van der Waals surface area contributed by atoms with E-state index in [2.05, 4.69) is 16.8 Å². The SMILES string of the molecule is C#CC[S+]([O-])c1ccc(/C=C/C2NNC(=O)CC2C)cc1. The van der Waals surface area contributed by atoms with Crippen molar-refractivity contribution in [2.45, 2.75) is 24.3 Å². The molecule has 1 amide bonds. The molecule has 1 aromatic rings. The summed E-state index contributed by atoms with van der Waals surface area (Å²) in [6, 6.07) is 7.58. The first-order valence-corrected chi connectivity index (χ1v) is 8.06. The molecule has 2 N–H and O–H groups in total. The zero-order valence-corrected chi connectivity index (χ0v) is 12.7. The van der Waals surface area contributed by atoms with Crippen LogP contribution in [0.3, 0.4) is 0 Å². The summed E-state index contributed by atoms with van der Waals surface area (Å²) in [5, 5.41) is 0. The quantitative estimate of drug-likeness (QED) is 0.654. The third-order valence-electron chi connectivity index (χ3n) is 3.35. The van der Waals surface area contributed by atoms with Gasteiger partial charge in [0, 0.05) is 12.5 Å². The molecule has 1 saturated heterocycles. The van der Waals surface area contributed by atoms with E-state index >= 15 is 0 Å². The molecular formula is C16H18N2O2S. The first-order chi connectivity index (χ1) is 10.1. The molecule has 21 heavy (non-hydrogen) atoms. The molecule has 3 unspecified atom stereocenters. The van der Waals surface area contributed by atoms with Crippen molar-refractivity contribution in [1.29, 1.82) is 0 Å². The lowest BCUT2D eigenvalue weighted by molar-refractivity contribution is -0.125. The minimum Gasteiger partial charge on any atom is -0.611 e. The molecule has 0 saturated carbocycles. The van der Waals surface area contributed by atoms with E-state index in [1.165, 1.54) is 0 Å². The van der Waals surface area contributed by atoms with Gasteiger partial charge in [0.1, 0.15) is 0 Å². The third kappa shape index (κ3) is 4.36. The lowest BCUT2D eigenvalue weighted by atomic mass is 9.96. The Morgan fingerprint density at radius 1 is 1.48 bits per heavy atom. The van der Waals surface area contributed by atoms with E-state index in [1.807, 2.05) is 43.3 Å². The highest BCUT2D eigenvalue weighted by atomic mass is 32.2. The average molecular weight is 302 g/mol. The molecule has 0 spiro atoms. The van der Waals surface area contributed by atoms with Crippen LogP contribution < -0.4 is 10.9 Å². The first-order valence-electron chi connectivity index (χ1n) is 6.74. The predicted molar refractivity (Wildman–Crippen MR) is 84.4 cm³/mol. The van der Waals surface area contributed by atoms with Crippen molar-refractivity contribution in [2.24, 2.45) is 5.92 Å². The van der Waals surface area contributed by atoms with Gasteiger partial charge in [0.05, 0.1) is 0 Å². The number of hydrogen-bond donors (Lipinski definition) is 2. The number of amides is 1. The van der Waals surface area contributed by atoms with Gasteiger partial charge in [-0.2, -0.15) is 0 Å². The fourth-order valence-corrected chi connectivity index (χ4v) is 2.88. The third-order valence-corrected chi connectivity index (χ3v) is 4.58. The van der Waals surface area contributed by atoms with E-state index in [0.717, 1.165) is 10.5 Å². The Labute approximate surface area is 128 Å². The number of carbonyl (C=O) groups excluding carboxylic acids is 1. The number of carbonyl (C=O) groups is 1. The second-order valence-corrected chi connectivity index (χ2v) is 6.47. The summed E-state index contributed by atoms with van der Waals surface area (Å²) in [5.74, 6) is 2.90. The molecule has 1 fully saturated rings. The molecular weight excluding hydrogens is 284 g/mol. The normalized spacial score (nSPS) is 23.6. The summed E-state index contributed by atoms with van der Waals surface area (Å²) in [5.41, 5.74) is 6.63. The summed E-state index contributed by atoms with van der Waals surface area (Å²) >= 11 is -1.13. The van der Waals surface area contributed by atoms with Crippen LogP contribution >= 0.6 is 0 Å². The maximum absolute atomic E-state index is 11.7. The van der Waals surface area contributed by atoms with Gasteiger partial charge in [-0.1, -0.05) is 37.1 Å². The Kier molecular flexibility index (Phi) is 5.45. The highest BCUT2D eigenvalue weighted by molar-refractivity contribution is 7.91. The van der Waals surface area contributed by atoms with Crippen LogP contribution in [-0.4, -0.2) is 22.3 Å². The van der Waals surface area contributed by atoms with Crippen molar-refractivity contribution >= 4 is 23.2 Å². The van der Waals surface area contributed by atoms with Crippen LogP contribution in [0.4, 0.5) is 0 Å². The van der Waals surface area contributed by atoms with Crippen LogP contribution in [0.1, 0.15) is 18.9 Å². The van der Waals surface area contributed by atoms with Crippen LogP contribution in [-0.2, 0) is 16.0 Å². The van der Waals surface area contributed by atoms with E-state index in [-0.39, 0.29) is 23.6 Å². The minimum atomic E-state index is -1.13. The van der Waals surface area contributed by atoms with E-state index in [0.29, 0.717) is 6.42 Å². The molecule has 3 atom stereocenters. The summed E-state index contributed by atoms with van der Waals surface area (Å²) in [4.78, 5) is 11.9. The van der Waals surface area contributed by atoms with Gasteiger partial charge in [0.15, 0.2) is 10.6 Å². The molecule has 0 aromatic heterocycles. The maximum Gasteiger partial charge on any atom is 0.234 e. The molecule has 0 aliphatic carbocycles. The zero-order valence-electron chi connectivity index (χ0n) is 11.8. The summed E-state index contributed by atoms with van der Waals surface area (Å²) in [6.07, 6.45) is 9.69. The standard InChI is InChI=1S/C16H18N2O2S/c1-3-10-21(20)14-7-4-13(5-8-14)6-9-15-12(2)11-16(19)18-17-15/h1,4-9,12,15,17H,10-11H2,2H3,(H,18,19)/b9-6+. The van der Waals surface area contributed by atoms with Crippen LogP contribution in [0, 0.1) is 18.3 Å². The summed E-state index contributed by atoms with van der Waals surface area (Å²) < 4.78 is 11.7. The highest BCUT2D eigenvalue weighted by Crippen LogP contribution is 2.16. The monoisotopic (exact) mass is 302 g/mol. The fraction of sp³-hybridized carbons (Fsp3) is 0.312. The van der Waals surface area contributed by atoms with Crippen LogP contribution in [0.25, 0.3) is 6.08 Å². The molecule has 1 heterocycles. The average Bonchev–Trinajstić information content (AvgIpc) is 2.47. The van der Waals surface area contributed by atoms with Crippen molar-refractivity contribution in [3.05, 3.63) is 35.9 Å². The van der Waals surface area contributed by atoms with Crippen molar-refractivity contribution in [3.63, 3.8) is 0 Å². The second kappa shape index (κ2) is 7.32. The Balaban J connectivity index is 1.98. The maximum atomic E-state index is 11.7. The molecule has 4 nitrogen and oxygen atoms in total. The number of hydrogen-bond acceptors (Lipinski definition) is 3. The van der Waals surface area contributed by atoms with Crippen LogP contribution in [0.2, 0.25) is 0 Å². The number of hydrazine groups is 1. The van der Waals surface area contributed by atoms with Crippen molar-refractivity contribution in [3.8, 4) is 12.3 Å². The van der Waals surface area contributed by atoms with E-state index < -0.39 is 11.2 Å². The second-order valence-electron chi connectivity index (χ2n) is 5.02. The molecule has 110 valence electrons. The van der Waals surface area contributed by atoms with Gasteiger partial charge < -0.3 is 4.55 Å². The Morgan fingerprint density at radius 2 is 2.19 bits per heavy atom. The summed E-state index contributed by atoms with van der Waals surface area (Å²) in [6.45, 7) is 2.03. The molecule has 5 heteroatoms. The molecule has 0 radical (unpaired) electrons. The Bertz CT molecular complexity index is 563. The Morgan fingerprint density at radius 3 is 2.81 bits per heavy atom. The predicted octanol–water partition coefficient (Wildman–Crippen LogP) is 1.47. The largest absolute Gasteiger partial charge is 0.611 e. The van der Waals surface area contributed by atoms with Crippen molar-refractivity contribution < 1.29 is 9.35 Å². The number of terminal acetylenes is 1. The number of nitrogens with one attached hydrogen (secondary N) is 2. The summed E-state index contributed by atoms with van der Waals surface area (Å²) in [7, 11) is 0. The van der Waals surface area contributed by atoms with Gasteiger partial charge in [-0.15, -0.1) is 6.42 Å². The lowest BCUT2D eigenvalue weighted by Crippen LogP contribution is -2.52. The van der Waals surface area contributed by atoms with Crippen molar-refractivity contribution in [1.82, 2.24) is 10.9 Å². The Hall–Kier alpha value is -1.74. The number of rotatable bonds is 4. The molecule has 1 aliphatic rings. The van der Waals surface area contributed by atoms with Crippen LogP contribution in [0.5, 0.6) is 0 Å². The van der Waals surface area contributed by atoms with Gasteiger partial charge >= 0.3 is 0 Å². The van der Waals surface area contributed by atoms with Gasteiger partial charge in [0.2, 0.25) is 5.91 Å². The van der Waals surface area contributed by atoms with Gasteiger partial charge in [0.25, 0.3) is 0 Å². The van der Waals surface area contributed by atoms with E-state index in [1.54, 1.807) is 0 Å². The first kappa shape index (κ1) is 15.6. The fourth-order valence-electron chi connectivity index (χ4n) is 2.12. The van der Waals surface area contributed by atoms with E-state index in [4.69, 9.17) is 6.42 Å². The minimum absolute atomic E-state index is 0.0208. The molecule has 0 bridgehead atoms. The van der Waals surface area contributed by atoms with Gasteiger partial charge in [-0.05, 0) is 34.8 Å². The zero-order chi connectivity index (χ0) is 15.2. The lowest BCUT2D eigenvalue weighted by Gasteiger charge is -2.27. The van der Waals surface area contributed by atoms with Gasteiger partial charge in [-0.25, -0.2) is 5.43 Å². The molecule has 1 aromatic carbocycles. The van der Waals surface area contributed by atoms with E-state index in [9.17, 15) is 9.35 Å². The molecule has 2 rings (SSSR count). The highest BCUT2D eigenvalue weighted by Gasteiger charge is 2.22. The number of benzene rings is 1. The van der Waals surface area contributed by atoms with Crippen LogP contribution in [0.15, 0.2) is 35.2 Å². The molecule has 1 aliphatic heterocycles.